The van der Waals surface area contributed by atoms with Gasteiger partial charge in [-0.3, -0.25) is 0 Å². The van der Waals surface area contributed by atoms with E-state index in [2.05, 4.69) is 9.97 Å². The molecule has 0 aliphatic rings. The van der Waals surface area contributed by atoms with E-state index in [0.29, 0.717) is 10.9 Å². The van der Waals surface area contributed by atoms with Gasteiger partial charge in [-0.2, -0.15) is 0 Å². The Morgan fingerprint density at radius 1 is 1.14 bits per heavy atom. The van der Waals surface area contributed by atoms with Crippen molar-refractivity contribution in [2.75, 3.05) is 6.26 Å². The Hall–Kier alpha value is -1.99. The van der Waals surface area contributed by atoms with Crippen LogP contribution in [0.15, 0.2) is 45.2 Å². The van der Waals surface area contributed by atoms with Crippen molar-refractivity contribution in [1.82, 2.24) is 9.97 Å². The van der Waals surface area contributed by atoms with Crippen molar-refractivity contribution in [3.8, 4) is 22.0 Å². The summed E-state index contributed by atoms with van der Waals surface area (Å²) in [4.78, 5) is 8.63. The predicted molar refractivity (Wildman–Crippen MR) is 80.9 cm³/mol. The highest BCUT2D eigenvalue weighted by molar-refractivity contribution is 7.90. The van der Waals surface area contributed by atoms with Crippen molar-refractivity contribution in [3.63, 3.8) is 0 Å². The third-order valence-electron chi connectivity index (χ3n) is 2.82. The monoisotopic (exact) mass is 320 g/mol. The Labute approximate surface area is 126 Å². The number of nitrogens with zero attached hydrogens (tertiary/aromatic N) is 2. The van der Waals surface area contributed by atoms with E-state index in [1.54, 1.807) is 6.92 Å². The van der Waals surface area contributed by atoms with Gasteiger partial charge in [-0.25, -0.2) is 18.4 Å². The van der Waals surface area contributed by atoms with Crippen LogP contribution in [-0.2, 0) is 9.84 Å². The van der Waals surface area contributed by atoms with Gasteiger partial charge in [0, 0.05) is 24.1 Å². The molecule has 5 nitrogen and oxygen atoms in total. The van der Waals surface area contributed by atoms with Gasteiger partial charge in [0.2, 0.25) is 14.9 Å². The number of sulfone groups is 1. The lowest BCUT2D eigenvalue weighted by atomic mass is 10.2. The second kappa shape index (κ2) is 5.09. The molecule has 0 atom stereocenters. The summed E-state index contributed by atoms with van der Waals surface area (Å²) in [5, 5.41) is 2.28. The molecule has 0 radical (unpaired) electrons. The second-order valence-electron chi connectivity index (χ2n) is 4.55. The molecule has 0 aliphatic carbocycles. The third-order valence-corrected chi connectivity index (χ3v) is 4.62. The number of rotatable bonds is 3. The number of thiazole rings is 1. The Balaban J connectivity index is 2.10. The molecule has 7 heteroatoms. The Morgan fingerprint density at radius 3 is 2.52 bits per heavy atom. The molecule has 0 saturated heterocycles. The number of hydrogen-bond acceptors (Lipinski definition) is 6. The maximum atomic E-state index is 11.8. The van der Waals surface area contributed by atoms with E-state index < -0.39 is 9.84 Å². The molecule has 0 unspecified atom stereocenters. The van der Waals surface area contributed by atoms with E-state index in [0.717, 1.165) is 17.5 Å². The number of benzene rings is 1. The lowest BCUT2D eigenvalue weighted by Gasteiger charge is -1.95. The van der Waals surface area contributed by atoms with Gasteiger partial charge in [-0.15, -0.1) is 11.3 Å². The first-order valence-electron chi connectivity index (χ1n) is 6.14. The Bertz CT molecular complexity index is 880. The molecule has 1 aromatic carbocycles. The minimum atomic E-state index is -3.48. The van der Waals surface area contributed by atoms with Crippen LogP contribution in [0.2, 0.25) is 0 Å². The number of aromatic nitrogens is 2. The van der Waals surface area contributed by atoms with Gasteiger partial charge in [-0.05, 0) is 0 Å². The van der Waals surface area contributed by atoms with E-state index >= 15 is 0 Å². The van der Waals surface area contributed by atoms with Gasteiger partial charge in [0.05, 0.1) is 5.69 Å². The molecule has 0 saturated carbocycles. The molecule has 2 aromatic heterocycles. The van der Waals surface area contributed by atoms with Gasteiger partial charge in [0.1, 0.15) is 5.01 Å². The van der Waals surface area contributed by atoms with Crippen molar-refractivity contribution >= 4 is 21.2 Å². The first kappa shape index (κ1) is 14.0. The number of aryl methyl sites for hydroxylation is 1. The van der Waals surface area contributed by atoms with Gasteiger partial charge >= 0.3 is 0 Å². The van der Waals surface area contributed by atoms with Crippen molar-refractivity contribution in [3.05, 3.63) is 41.6 Å². The summed E-state index contributed by atoms with van der Waals surface area (Å²) in [5.74, 6) is 0.307. The highest BCUT2D eigenvalue weighted by Crippen LogP contribution is 2.32. The van der Waals surface area contributed by atoms with Gasteiger partial charge in [-0.1, -0.05) is 30.3 Å². The first-order chi connectivity index (χ1) is 9.95. The Morgan fingerprint density at radius 2 is 1.86 bits per heavy atom. The van der Waals surface area contributed by atoms with Crippen LogP contribution in [0.3, 0.4) is 0 Å². The zero-order valence-electron chi connectivity index (χ0n) is 11.4. The first-order valence-corrected chi connectivity index (χ1v) is 8.91. The van der Waals surface area contributed by atoms with E-state index in [4.69, 9.17) is 4.42 Å². The van der Waals surface area contributed by atoms with E-state index in [1.807, 2.05) is 35.7 Å². The van der Waals surface area contributed by atoms with Crippen LogP contribution in [-0.4, -0.2) is 24.6 Å². The molecule has 0 spiro atoms. The molecule has 3 aromatic rings. The fraction of sp³-hybridized carbons (Fsp3) is 0.143. The lowest BCUT2D eigenvalue weighted by molar-refractivity contribution is 0.426. The smallest absolute Gasteiger partial charge is 0.248 e. The van der Waals surface area contributed by atoms with Crippen LogP contribution in [0.25, 0.3) is 22.0 Å². The summed E-state index contributed by atoms with van der Waals surface area (Å²) in [6.45, 7) is 1.61. The van der Waals surface area contributed by atoms with Crippen molar-refractivity contribution < 1.29 is 12.8 Å². The third kappa shape index (κ3) is 2.74. The largest absolute Gasteiger partial charge is 0.429 e. The molecule has 0 amide bonds. The Kier molecular flexibility index (Phi) is 3.38. The fourth-order valence-corrected chi connectivity index (χ4v) is 3.56. The van der Waals surface area contributed by atoms with E-state index in [1.165, 1.54) is 11.3 Å². The molecule has 0 N–H and O–H groups in total. The number of hydrogen-bond donors (Lipinski definition) is 0. The average molecular weight is 320 g/mol. The molecule has 3 rings (SSSR count). The van der Waals surface area contributed by atoms with Crippen molar-refractivity contribution in [2.45, 2.75) is 12.0 Å². The highest BCUT2D eigenvalue weighted by Gasteiger charge is 2.24. The van der Waals surface area contributed by atoms with Crippen LogP contribution in [0.4, 0.5) is 0 Å². The topological polar surface area (TPSA) is 73.1 Å². The highest BCUT2D eigenvalue weighted by atomic mass is 32.2. The fourth-order valence-electron chi connectivity index (χ4n) is 1.92. The summed E-state index contributed by atoms with van der Waals surface area (Å²) in [5.41, 5.74) is 2.04. The minimum absolute atomic E-state index is 0.131. The summed E-state index contributed by atoms with van der Waals surface area (Å²) < 4.78 is 28.7. The molecule has 21 heavy (non-hydrogen) atoms. The number of oxazole rings is 1. The van der Waals surface area contributed by atoms with Crippen LogP contribution < -0.4 is 0 Å². The molecular formula is C14H12N2O3S2. The van der Waals surface area contributed by atoms with Crippen LogP contribution in [0.1, 0.15) is 5.89 Å². The molecule has 2 heterocycles. The molecule has 0 fully saturated rings. The summed E-state index contributed by atoms with van der Waals surface area (Å²) in [6, 6.07) is 9.68. The molecular weight excluding hydrogens is 308 g/mol. The van der Waals surface area contributed by atoms with Crippen molar-refractivity contribution in [2.24, 2.45) is 0 Å². The van der Waals surface area contributed by atoms with Crippen LogP contribution >= 0.6 is 11.3 Å². The maximum Gasteiger partial charge on any atom is 0.248 e. The van der Waals surface area contributed by atoms with Gasteiger partial charge in [0.25, 0.3) is 0 Å². The standard InChI is InChI=1S/C14H12N2O3S2/c1-9-15-12(14(19-9)21(2,17)18)13-16-11(8-20-13)10-6-4-3-5-7-10/h3-8H,1-2H3. The van der Waals surface area contributed by atoms with E-state index in [9.17, 15) is 8.42 Å². The van der Waals surface area contributed by atoms with Crippen molar-refractivity contribution in [1.29, 1.82) is 0 Å². The molecule has 0 bridgehead atoms. The summed E-state index contributed by atoms with van der Waals surface area (Å²) >= 11 is 1.34. The quantitative estimate of drug-likeness (QED) is 0.741. The minimum Gasteiger partial charge on any atom is -0.429 e. The van der Waals surface area contributed by atoms with Gasteiger partial charge in [0.15, 0.2) is 11.6 Å². The lowest BCUT2D eigenvalue weighted by Crippen LogP contribution is -1.97. The zero-order chi connectivity index (χ0) is 15.0. The molecule has 0 aliphatic heterocycles. The van der Waals surface area contributed by atoms with Gasteiger partial charge < -0.3 is 4.42 Å². The molecule has 108 valence electrons. The SMILES string of the molecule is Cc1nc(-c2nc(-c3ccccc3)cs2)c(S(C)(=O)=O)o1. The van der Waals surface area contributed by atoms with Crippen LogP contribution in [0, 0.1) is 6.92 Å². The zero-order valence-corrected chi connectivity index (χ0v) is 13.0. The normalized spacial score (nSPS) is 11.7. The average Bonchev–Trinajstić information content (AvgIpc) is 3.05. The maximum absolute atomic E-state index is 11.8. The summed E-state index contributed by atoms with van der Waals surface area (Å²) in [7, 11) is -3.48. The van der Waals surface area contributed by atoms with Crippen LogP contribution in [0.5, 0.6) is 0 Å². The summed E-state index contributed by atoms with van der Waals surface area (Å²) in [6.07, 6.45) is 1.10. The predicted octanol–water partition coefficient (Wildman–Crippen LogP) is 3.18. The van der Waals surface area contributed by atoms with E-state index in [-0.39, 0.29) is 10.8 Å². The second-order valence-corrected chi connectivity index (χ2v) is 7.32.